The van der Waals surface area contributed by atoms with Gasteiger partial charge in [-0.2, -0.15) is 4.31 Å². The monoisotopic (exact) mass is 414 g/mol. The highest BCUT2D eigenvalue weighted by Crippen LogP contribution is 2.29. The number of sulfonamides is 1. The molecule has 0 aliphatic carbocycles. The lowest BCUT2D eigenvalue weighted by atomic mass is 10.0. The Balaban J connectivity index is 1.93. The highest BCUT2D eigenvalue weighted by atomic mass is 35.5. The second kappa shape index (κ2) is 8.07. The smallest absolute Gasteiger partial charge is 0.254 e. The number of amides is 1. The minimum Gasteiger partial charge on any atom is -0.377 e. The third-order valence-corrected chi connectivity index (χ3v) is 7.63. The van der Waals surface area contributed by atoms with Gasteiger partial charge < -0.3 is 9.64 Å². The van der Waals surface area contributed by atoms with Crippen molar-refractivity contribution in [1.82, 2.24) is 9.21 Å². The van der Waals surface area contributed by atoms with Gasteiger partial charge in [0, 0.05) is 25.2 Å². The van der Waals surface area contributed by atoms with Gasteiger partial charge in [0.2, 0.25) is 10.0 Å². The van der Waals surface area contributed by atoms with E-state index in [-0.39, 0.29) is 15.8 Å². The number of halogens is 1. The number of ether oxygens (including phenoxy) is 1. The van der Waals surface area contributed by atoms with E-state index in [0.29, 0.717) is 38.4 Å². The molecule has 0 bridgehead atoms. The van der Waals surface area contributed by atoms with Crippen molar-refractivity contribution < 1.29 is 17.9 Å². The fourth-order valence-electron chi connectivity index (χ4n) is 3.65. The van der Waals surface area contributed by atoms with Crippen molar-refractivity contribution in [2.75, 3.05) is 32.8 Å². The molecular weight excluding hydrogens is 388 g/mol. The van der Waals surface area contributed by atoms with Gasteiger partial charge in [-0.05, 0) is 44.9 Å². The molecule has 27 heavy (non-hydrogen) atoms. The normalized spacial score (nSPS) is 21.7. The van der Waals surface area contributed by atoms with Gasteiger partial charge in [-0.15, -0.1) is 0 Å². The van der Waals surface area contributed by atoms with Crippen molar-refractivity contribution in [3.8, 4) is 0 Å². The minimum absolute atomic E-state index is 0.0167. The van der Waals surface area contributed by atoms with E-state index >= 15 is 0 Å². The predicted octanol–water partition coefficient (Wildman–Crippen LogP) is 3.16. The molecule has 0 saturated carbocycles. The number of carbonyl (C=O) groups excluding carboxylic acids is 1. The highest BCUT2D eigenvalue weighted by molar-refractivity contribution is 7.89. The molecule has 1 aromatic carbocycles. The van der Waals surface area contributed by atoms with Crippen molar-refractivity contribution >= 4 is 27.5 Å². The largest absolute Gasteiger partial charge is 0.377 e. The molecule has 2 fully saturated rings. The molecule has 2 aliphatic heterocycles. The van der Waals surface area contributed by atoms with Crippen molar-refractivity contribution in [2.45, 2.75) is 50.0 Å². The molecular formula is C19H27ClN2O4S. The molecule has 1 aromatic rings. The Morgan fingerprint density at radius 1 is 1.11 bits per heavy atom. The van der Waals surface area contributed by atoms with Gasteiger partial charge in [0.15, 0.2) is 0 Å². The third-order valence-electron chi connectivity index (χ3n) is 5.25. The predicted molar refractivity (Wildman–Crippen MR) is 105 cm³/mol. The maximum atomic E-state index is 13.1. The first kappa shape index (κ1) is 20.6. The van der Waals surface area contributed by atoms with Crippen LogP contribution in [0.5, 0.6) is 0 Å². The number of nitrogens with zero attached hydrogens (tertiary/aromatic N) is 2. The van der Waals surface area contributed by atoms with E-state index in [4.69, 9.17) is 16.3 Å². The molecule has 150 valence electrons. The first-order valence-corrected chi connectivity index (χ1v) is 11.2. The van der Waals surface area contributed by atoms with Crippen molar-refractivity contribution in [3.63, 3.8) is 0 Å². The highest BCUT2D eigenvalue weighted by Gasteiger charge is 2.35. The minimum atomic E-state index is -3.73. The van der Waals surface area contributed by atoms with Crippen molar-refractivity contribution in [3.05, 3.63) is 28.8 Å². The Bertz CT molecular complexity index is 802. The molecule has 0 atom stereocenters. The summed E-state index contributed by atoms with van der Waals surface area (Å²) in [6.07, 6.45) is 3.75. The van der Waals surface area contributed by atoms with E-state index in [2.05, 4.69) is 0 Å². The van der Waals surface area contributed by atoms with Crippen LogP contribution in [0.2, 0.25) is 5.02 Å². The van der Waals surface area contributed by atoms with Gasteiger partial charge in [0.1, 0.15) is 4.90 Å². The molecule has 0 N–H and O–H groups in total. The summed E-state index contributed by atoms with van der Waals surface area (Å²) in [6.45, 7) is 6.26. The van der Waals surface area contributed by atoms with Gasteiger partial charge >= 0.3 is 0 Å². The van der Waals surface area contributed by atoms with E-state index in [9.17, 15) is 13.2 Å². The average molecular weight is 415 g/mol. The zero-order valence-corrected chi connectivity index (χ0v) is 17.5. The molecule has 3 rings (SSSR count). The third kappa shape index (κ3) is 4.31. The topological polar surface area (TPSA) is 66.9 Å². The van der Waals surface area contributed by atoms with Gasteiger partial charge in [-0.25, -0.2) is 8.42 Å². The van der Waals surface area contributed by atoms with Crippen LogP contribution in [0.3, 0.4) is 0 Å². The lowest BCUT2D eigenvalue weighted by Gasteiger charge is -2.42. The maximum absolute atomic E-state index is 13.1. The zero-order chi connectivity index (χ0) is 19.7. The molecule has 2 saturated heterocycles. The van der Waals surface area contributed by atoms with Crippen molar-refractivity contribution in [2.24, 2.45) is 0 Å². The first-order chi connectivity index (χ1) is 12.7. The van der Waals surface area contributed by atoms with E-state index < -0.39 is 15.6 Å². The Kier molecular flexibility index (Phi) is 6.15. The van der Waals surface area contributed by atoms with Crippen LogP contribution in [-0.2, 0) is 14.8 Å². The number of rotatable bonds is 3. The number of hydrogen-bond donors (Lipinski definition) is 0. The summed E-state index contributed by atoms with van der Waals surface area (Å²) < 4.78 is 33.2. The maximum Gasteiger partial charge on any atom is 0.254 e. The molecule has 2 aliphatic rings. The van der Waals surface area contributed by atoms with Crippen LogP contribution in [0.15, 0.2) is 23.1 Å². The summed E-state index contributed by atoms with van der Waals surface area (Å²) in [7, 11) is -3.73. The second-order valence-electron chi connectivity index (χ2n) is 7.79. The quantitative estimate of drug-likeness (QED) is 0.761. The standard InChI is InChI=1S/C19H27ClN2O4S/c1-19(2)14-26-12-11-22(19)18(23)15-7-8-16(20)17(13-15)27(24,25)21-9-5-3-4-6-10-21/h7-8,13H,3-6,9-12,14H2,1-2H3. The van der Waals surface area contributed by atoms with Crippen LogP contribution in [0, 0.1) is 0 Å². The van der Waals surface area contributed by atoms with Crippen LogP contribution in [0.4, 0.5) is 0 Å². The molecule has 1 amide bonds. The van der Waals surface area contributed by atoms with Gasteiger partial charge in [0.05, 0.1) is 23.8 Å². The van der Waals surface area contributed by atoms with Gasteiger partial charge in [-0.1, -0.05) is 24.4 Å². The number of carbonyl (C=O) groups is 1. The van der Waals surface area contributed by atoms with Crippen LogP contribution < -0.4 is 0 Å². The first-order valence-electron chi connectivity index (χ1n) is 9.43. The average Bonchev–Trinajstić information content (AvgIpc) is 2.91. The summed E-state index contributed by atoms with van der Waals surface area (Å²) >= 11 is 6.24. The fourth-order valence-corrected chi connectivity index (χ4v) is 5.66. The van der Waals surface area contributed by atoms with Crippen LogP contribution >= 0.6 is 11.6 Å². The van der Waals surface area contributed by atoms with Crippen LogP contribution in [-0.4, -0.2) is 61.9 Å². The molecule has 0 aromatic heterocycles. The molecule has 8 heteroatoms. The Morgan fingerprint density at radius 2 is 1.78 bits per heavy atom. The Hall–Kier alpha value is -1.15. The van der Waals surface area contributed by atoms with Gasteiger partial charge in [-0.3, -0.25) is 4.79 Å². The molecule has 6 nitrogen and oxygen atoms in total. The van der Waals surface area contributed by atoms with E-state index in [0.717, 1.165) is 25.7 Å². The second-order valence-corrected chi connectivity index (χ2v) is 10.1. The van der Waals surface area contributed by atoms with Crippen molar-refractivity contribution in [1.29, 1.82) is 0 Å². The summed E-state index contributed by atoms with van der Waals surface area (Å²) in [4.78, 5) is 14.8. The molecule has 0 radical (unpaired) electrons. The Morgan fingerprint density at radius 3 is 2.41 bits per heavy atom. The summed E-state index contributed by atoms with van der Waals surface area (Å²) in [5, 5.41) is 0.150. The Labute approximate surface area is 166 Å². The van der Waals surface area contributed by atoms with E-state index in [1.165, 1.54) is 16.4 Å². The lowest BCUT2D eigenvalue weighted by molar-refractivity contribution is -0.0370. The number of morpholine rings is 1. The molecule has 0 unspecified atom stereocenters. The van der Waals surface area contributed by atoms with E-state index in [1.54, 1.807) is 11.0 Å². The SMILES string of the molecule is CC1(C)COCCN1C(=O)c1ccc(Cl)c(S(=O)(=O)N2CCCCCC2)c1. The number of hydrogen-bond acceptors (Lipinski definition) is 4. The molecule has 2 heterocycles. The summed E-state index contributed by atoms with van der Waals surface area (Å²) in [6, 6.07) is 4.53. The lowest BCUT2D eigenvalue weighted by Crippen LogP contribution is -2.55. The van der Waals surface area contributed by atoms with Gasteiger partial charge in [0.25, 0.3) is 5.91 Å². The van der Waals surface area contributed by atoms with Crippen LogP contribution in [0.1, 0.15) is 49.9 Å². The number of benzene rings is 1. The zero-order valence-electron chi connectivity index (χ0n) is 15.9. The fraction of sp³-hybridized carbons (Fsp3) is 0.632. The van der Waals surface area contributed by atoms with Crippen LogP contribution in [0.25, 0.3) is 0 Å². The summed E-state index contributed by atoms with van der Waals surface area (Å²) in [5.41, 5.74) is -0.110. The summed E-state index contributed by atoms with van der Waals surface area (Å²) in [5.74, 6) is -0.202. The van der Waals surface area contributed by atoms with E-state index in [1.807, 2.05) is 13.8 Å². The molecule has 0 spiro atoms.